The first-order chi connectivity index (χ1) is 13.5. The zero-order chi connectivity index (χ0) is 20.1. The van der Waals surface area contributed by atoms with Gasteiger partial charge in [0.05, 0.1) is 0 Å². The first-order valence-corrected chi connectivity index (χ1v) is 9.52. The van der Waals surface area contributed by atoms with Crippen molar-refractivity contribution >= 4 is 34.4 Å². The maximum atomic E-state index is 12.7. The fraction of sp³-hybridized carbons (Fsp3) is 0.381. The molecule has 0 atom stereocenters. The Kier molecular flexibility index (Phi) is 6.26. The average molecular weight is 380 g/mol. The highest BCUT2D eigenvalue weighted by Crippen LogP contribution is 2.22. The van der Waals surface area contributed by atoms with Crippen LogP contribution in [0.2, 0.25) is 0 Å². The van der Waals surface area contributed by atoms with Gasteiger partial charge in [0.1, 0.15) is 5.82 Å². The van der Waals surface area contributed by atoms with E-state index in [9.17, 15) is 4.79 Å². The van der Waals surface area contributed by atoms with E-state index < -0.39 is 0 Å². The van der Waals surface area contributed by atoms with E-state index >= 15 is 0 Å². The number of rotatable bonds is 5. The predicted octanol–water partition coefficient (Wildman–Crippen LogP) is 3.00. The van der Waals surface area contributed by atoms with Crippen LogP contribution in [0, 0.1) is 5.41 Å². The van der Waals surface area contributed by atoms with Crippen LogP contribution in [0.4, 0.5) is 10.6 Å². The van der Waals surface area contributed by atoms with Gasteiger partial charge in [-0.15, -0.1) is 0 Å². The highest BCUT2D eigenvalue weighted by atomic mass is 16.2. The summed E-state index contributed by atoms with van der Waals surface area (Å²) in [6.45, 7) is 2.02. The number of benzene rings is 1. The molecule has 7 nitrogen and oxygen atoms in total. The van der Waals surface area contributed by atoms with E-state index in [0.717, 1.165) is 47.8 Å². The number of urea groups is 1. The molecule has 3 rings (SSSR count). The second kappa shape index (κ2) is 8.84. The minimum absolute atomic E-state index is 0.132. The number of piperidine rings is 1. The third-order valence-electron chi connectivity index (χ3n) is 5.30. The molecule has 1 aliphatic heterocycles. The van der Waals surface area contributed by atoms with Crippen LogP contribution in [0.3, 0.4) is 0 Å². The summed E-state index contributed by atoms with van der Waals surface area (Å²) in [5.74, 6) is 0.531. The molecule has 2 heterocycles. The molecule has 0 saturated carbocycles. The summed E-state index contributed by atoms with van der Waals surface area (Å²) in [5.41, 5.74) is 1.72. The Morgan fingerprint density at radius 1 is 1.29 bits per heavy atom. The van der Waals surface area contributed by atoms with Crippen molar-refractivity contribution in [1.82, 2.24) is 20.1 Å². The number of hydrogen-bond donors (Lipinski definition) is 3. The summed E-state index contributed by atoms with van der Waals surface area (Å²) >= 11 is 0. The summed E-state index contributed by atoms with van der Waals surface area (Å²) in [7, 11) is 5.77. The van der Waals surface area contributed by atoms with Gasteiger partial charge in [0.25, 0.3) is 0 Å². The van der Waals surface area contributed by atoms with E-state index in [4.69, 9.17) is 5.41 Å². The number of likely N-dealkylation sites (tertiary alicyclic amines) is 1. The van der Waals surface area contributed by atoms with Crippen LogP contribution >= 0.6 is 0 Å². The molecule has 28 heavy (non-hydrogen) atoms. The lowest BCUT2D eigenvalue weighted by Crippen LogP contribution is -2.46. The second-order valence-electron chi connectivity index (χ2n) is 7.24. The van der Waals surface area contributed by atoms with Gasteiger partial charge in [0.15, 0.2) is 0 Å². The molecular formula is C21H28N6O. The number of aromatic nitrogens is 1. The Labute approximate surface area is 165 Å². The standard InChI is InChI=1S/C21H28N6O/c1-23-13-18(12-22)15-4-5-16-14-24-20(11-17(16)10-15)25-21(28)27(3)19-6-8-26(2)9-7-19/h4-5,10-14,19,22-23H,6-9H2,1-3H3,(H,24,25,28)/b18-13+,22-12?. The molecule has 1 saturated heterocycles. The maximum Gasteiger partial charge on any atom is 0.323 e. The van der Waals surface area contributed by atoms with Gasteiger partial charge < -0.3 is 20.5 Å². The van der Waals surface area contributed by atoms with Crippen molar-refractivity contribution < 1.29 is 4.79 Å². The summed E-state index contributed by atoms with van der Waals surface area (Å²) in [6.07, 6.45) is 6.83. The topological polar surface area (TPSA) is 84.3 Å². The SMILES string of the molecule is CN/C=C(\C=N)c1ccc2cnc(NC(=O)N(C)C3CCN(C)CC3)cc2c1. The Morgan fingerprint density at radius 2 is 2.04 bits per heavy atom. The van der Waals surface area contributed by atoms with Gasteiger partial charge in [-0.1, -0.05) is 12.1 Å². The van der Waals surface area contributed by atoms with Crippen molar-refractivity contribution in [2.24, 2.45) is 0 Å². The number of anilines is 1. The second-order valence-corrected chi connectivity index (χ2v) is 7.24. The van der Waals surface area contributed by atoms with Gasteiger partial charge in [-0.25, -0.2) is 9.78 Å². The van der Waals surface area contributed by atoms with Crippen LogP contribution in [0.1, 0.15) is 18.4 Å². The molecule has 1 aromatic carbocycles. The molecule has 0 unspecified atom stereocenters. The van der Waals surface area contributed by atoms with Gasteiger partial charge in [-0.05, 0) is 56.1 Å². The molecule has 1 fully saturated rings. The fourth-order valence-corrected chi connectivity index (χ4v) is 3.50. The van der Waals surface area contributed by atoms with Crippen LogP contribution in [-0.2, 0) is 0 Å². The van der Waals surface area contributed by atoms with Gasteiger partial charge in [-0.2, -0.15) is 0 Å². The highest BCUT2D eigenvalue weighted by molar-refractivity contribution is 6.09. The van der Waals surface area contributed by atoms with E-state index in [1.165, 1.54) is 6.21 Å². The molecule has 0 bridgehead atoms. The maximum absolute atomic E-state index is 12.7. The van der Waals surface area contributed by atoms with E-state index in [-0.39, 0.29) is 12.1 Å². The number of carbonyl (C=O) groups excluding carboxylic acids is 1. The number of nitrogens with one attached hydrogen (secondary N) is 3. The molecule has 7 heteroatoms. The molecule has 2 amide bonds. The van der Waals surface area contributed by atoms with Gasteiger partial charge in [0, 0.05) is 49.7 Å². The zero-order valence-corrected chi connectivity index (χ0v) is 16.7. The van der Waals surface area contributed by atoms with Crippen LogP contribution in [0.25, 0.3) is 16.3 Å². The number of amides is 2. The van der Waals surface area contributed by atoms with E-state index in [1.807, 2.05) is 38.4 Å². The molecule has 148 valence electrons. The lowest BCUT2D eigenvalue weighted by atomic mass is 10.0. The van der Waals surface area contributed by atoms with Gasteiger partial charge >= 0.3 is 6.03 Å². The van der Waals surface area contributed by atoms with Crippen LogP contribution < -0.4 is 10.6 Å². The van der Waals surface area contributed by atoms with E-state index in [0.29, 0.717) is 5.82 Å². The number of pyridine rings is 1. The molecule has 0 radical (unpaired) electrons. The minimum Gasteiger partial charge on any atom is -0.393 e. The number of nitrogens with zero attached hydrogens (tertiary/aromatic N) is 3. The first kappa shape index (κ1) is 19.8. The highest BCUT2D eigenvalue weighted by Gasteiger charge is 2.24. The van der Waals surface area contributed by atoms with Gasteiger partial charge in [-0.3, -0.25) is 5.32 Å². The summed E-state index contributed by atoms with van der Waals surface area (Å²) in [6, 6.07) is 7.94. The Morgan fingerprint density at radius 3 is 2.71 bits per heavy atom. The quantitative estimate of drug-likeness (QED) is 0.696. The molecule has 0 spiro atoms. The van der Waals surface area contributed by atoms with E-state index in [2.05, 4.69) is 27.6 Å². The molecular weight excluding hydrogens is 352 g/mol. The third kappa shape index (κ3) is 4.48. The Balaban J connectivity index is 1.76. The van der Waals surface area contributed by atoms with Crippen LogP contribution in [0.5, 0.6) is 0 Å². The lowest BCUT2D eigenvalue weighted by molar-refractivity contribution is 0.156. The molecule has 1 aromatic heterocycles. The first-order valence-electron chi connectivity index (χ1n) is 9.52. The number of fused-ring (bicyclic) bond motifs is 1. The molecule has 3 N–H and O–H groups in total. The summed E-state index contributed by atoms with van der Waals surface area (Å²) < 4.78 is 0. The third-order valence-corrected chi connectivity index (χ3v) is 5.30. The van der Waals surface area contributed by atoms with Crippen molar-refractivity contribution in [3.8, 4) is 0 Å². The molecule has 0 aliphatic carbocycles. The lowest BCUT2D eigenvalue weighted by Gasteiger charge is -2.34. The minimum atomic E-state index is -0.132. The van der Waals surface area contributed by atoms with Crippen LogP contribution in [0.15, 0.2) is 36.7 Å². The van der Waals surface area contributed by atoms with Crippen molar-refractivity contribution in [2.75, 3.05) is 39.5 Å². The van der Waals surface area contributed by atoms with E-state index in [1.54, 1.807) is 17.3 Å². The van der Waals surface area contributed by atoms with Crippen molar-refractivity contribution in [1.29, 1.82) is 5.41 Å². The number of carbonyl (C=O) groups is 1. The van der Waals surface area contributed by atoms with Crippen LogP contribution in [-0.4, -0.2) is 67.3 Å². The molecule has 2 aromatic rings. The van der Waals surface area contributed by atoms with Crippen molar-refractivity contribution in [3.63, 3.8) is 0 Å². The number of allylic oxidation sites excluding steroid dienone is 1. The Hall–Kier alpha value is -2.93. The normalized spacial score (nSPS) is 16.0. The smallest absolute Gasteiger partial charge is 0.323 e. The number of hydrogen-bond acceptors (Lipinski definition) is 5. The van der Waals surface area contributed by atoms with Crippen molar-refractivity contribution in [2.45, 2.75) is 18.9 Å². The zero-order valence-electron chi connectivity index (χ0n) is 16.7. The largest absolute Gasteiger partial charge is 0.393 e. The predicted molar refractivity (Wildman–Crippen MR) is 115 cm³/mol. The molecule has 1 aliphatic rings. The average Bonchev–Trinajstić information content (AvgIpc) is 2.71. The fourth-order valence-electron chi connectivity index (χ4n) is 3.50. The monoisotopic (exact) mass is 380 g/mol. The van der Waals surface area contributed by atoms with Crippen molar-refractivity contribution in [3.05, 3.63) is 42.2 Å². The summed E-state index contributed by atoms with van der Waals surface area (Å²) in [4.78, 5) is 21.1. The van der Waals surface area contributed by atoms with Gasteiger partial charge in [0.2, 0.25) is 0 Å². The Bertz CT molecular complexity index is 886. The summed E-state index contributed by atoms with van der Waals surface area (Å²) in [5, 5.41) is 15.4.